The van der Waals surface area contributed by atoms with Crippen molar-refractivity contribution >= 4 is 5.97 Å². The van der Waals surface area contributed by atoms with Crippen molar-refractivity contribution in [2.24, 2.45) is 0 Å². The van der Waals surface area contributed by atoms with E-state index in [-0.39, 0.29) is 0 Å². The van der Waals surface area contributed by atoms with E-state index in [2.05, 4.69) is 26.0 Å². The van der Waals surface area contributed by atoms with Crippen LogP contribution in [0.2, 0.25) is 0 Å². The lowest BCUT2D eigenvalue weighted by molar-refractivity contribution is -0.134. The zero-order valence-corrected chi connectivity index (χ0v) is 11.2. The number of carboxylic acids is 1. The molecule has 0 aromatic heterocycles. The van der Waals surface area contributed by atoms with Crippen LogP contribution in [0.5, 0.6) is 0 Å². The standard InChI is InChI=1S/C12H24.C2H4O2/c1-3-5-7-9-11-12-10-8-6-4-2;1-2(3)4/h9,11H,3-8,10,12H2,1-2H3;1H3,(H,3,4)/b11-9-;. The second kappa shape index (κ2) is 16.6. The summed E-state index contributed by atoms with van der Waals surface area (Å²) in [5, 5.41) is 7.42. The predicted molar refractivity (Wildman–Crippen MR) is 70.7 cm³/mol. The van der Waals surface area contributed by atoms with E-state index in [1.54, 1.807) is 0 Å². The third kappa shape index (κ3) is 29.2. The first-order chi connectivity index (χ1) is 7.65. The molecule has 0 aromatic carbocycles. The van der Waals surface area contributed by atoms with Crippen LogP contribution >= 0.6 is 0 Å². The van der Waals surface area contributed by atoms with Crippen molar-refractivity contribution in [3.63, 3.8) is 0 Å². The summed E-state index contributed by atoms with van der Waals surface area (Å²) in [6, 6.07) is 0. The van der Waals surface area contributed by atoms with Gasteiger partial charge in [0.1, 0.15) is 0 Å². The zero-order valence-electron chi connectivity index (χ0n) is 11.2. The molecule has 0 rings (SSSR count). The van der Waals surface area contributed by atoms with E-state index < -0.39 is 5.97 Å². The zero-order chi connectivity index (χ0) is 12.6. The Labute approximate surface area is 101 Å². The van der Waals surface area contributed by atoms with Gasteiger partial charge in [-0.2, -0.15) is 0 Å². The highest BCUT2D eigenvalue weighted by molar-refractivity contribution is 5.62. The molecule has 0 heterocycles. The lowest BCUT2D eigenvalue weighted by atomic mass is 10.1. The molecule has 0 spiro atoms. The Bertz CT molecular complexity index is 158. The average molecular weight is 228 g/mol. The van der Waals surface area contributed by atoms with E-state index >= 15 is 0 Å². The van der Waals surface area contributed by atoms with Crippen molar-refractivity contribution < 1.29 is 9.90 Å². The first kappa shape index (κ1) is 17.6. The molecule has 2 heteroatoms. The predicted octanol–water partition coefficient (Wildman–Crippen LogP) is 4.79. The molecule has 0 radical (unpaired) electrons. The summed E-state index contributed by atoms with van der Waals surface area (Å²) >= 11 is 0. The van der Waals surface area contributed by atoms with Crippen LogP contribution in [0.3, 0.4) is 0 Å². The van der Waals surface area contributed by atoms with Gasteiger partial charge in [-0.15, -0.1) is 0 Å². The molecule has 0 bridgehead atoms. The molecule has 2 nitrogen and oxygen atoms in total. The highest BCUT2D eigenvalue weighted by Crippen LogP contribution is 2.04. The number of carbonyl (C=O) groups is 1. The lowest BCUT2D eigenvalue weighted by Gasteiger charge is -1.94. The van der Waals surface area contributed by atoms with Crippen LogP contribution in [0, 0.1) is 0 Å². The third-order valence-electron chi connectivity index (χ3n) is 2.12. The van der Waals surface area contributed by atoms with Crippen LogP contribution in [-0.4, -0.2) is 11.1 Å². The maximum atomic E-state index is 9.00. The maximum absolute atomic E-state index is 9.00. The molecule has 0 aliphatic rings. The second-order valence-corrected chi connectivity index (χ2v) is 3.98. The van der Waals surface area contributed by atoms with Crippen molar-refractivity contribution in [2.45, 2.75) is 72.1 Å². The monoisotopic (exact) mass is 228 g/mol. The summed E-state index contributed by atoms with van der Waals surface area (Å²) in [5.74, 6) is -0.833. The van der Waals surface area contributed by atoms with Gasteiger partial charge in [-0.1, -0.05) is 58.1 Å². The number of aliphatic carboxylic acids is 1. The first-order valence-corrected chi connectivity index (χ1v) is 6.49. The minimum absolute atomic E-state index is 0.833. The quantitative estimate of drug-likeness (QED) is 0.479. The average Bonchev–Trinajstić information content (AvgIpc) is 2.21. The molecule has 0 aliphatic heterocycles. The van der Waals surface area contributed by atoms with Gasteiger partial charge in [0, 0.05) is 6.92 Å². The SMILES string of the molecule is CC(=O)O.CCCC/C=C\CCCCCC. The van der Waals surface area contributed by atoms with Crippen LogP contribution in [-0.2, 0) is 4.79 Å². The van der Waals surface area contributed by atoms with Crippen molar-refractivity contribution in [2.75, 3.05) is 0 Å². The molecule has 0 aromatic rings. The molecule has 96 valence electrons. The highest BCUT2D eigenvalue weighted by Gasteiger charge is 1.84. The highest BCUT2D eigenvalue weighted by atomic mass is 16.4. The molecular formula is C14H28O2. The molecule has 0 aliphatic carbocycles. The molecule has 1 N–H and O–H groups in total. The van der Waals surface area contributed by atoms with Gasteiger partial charge >= 0.3 is 0 Å². The Morgan fingerprint density at radius 2 is 1.38 bits per heavy atom. The Kier molecular flexibility index (Phi) is 18.3. The van der Waals surface area contributed by atoms with Crippen LogP contribution in [0.15, 0.2) is 12.2 Å². The Hall–Kier alpha value is -0.790. The van der Waals surface area contributed by atoms with Crippen molar-refractivity contribution in [3.05, 3.63) is 12.2 Å². The Morgan fingerprint density at radius 3 is 1.81 bits per heavy atom. The third-order valence-corrected chi connectivity index (χ3v) is 2.12. The summed E-state index contributed by atoms with van der Waals surface area (Å²) in [6.07, 6.45) is 15.5. The molecule has 0 saturated carbocycles. The van der Waals surface area contributed by atoms with Crippen LogP contribution in [0.4, 0.5) is 0 Å². The van der Waals surface area contributed by atoms with Crippen molar-refractivity contribution in [3.8, 4) is 0 Å². The van der Waals surface area contributed by atoms with Gasteiger partial charge in [0.05, 0.1) is 0 Å². The molecule has 0 saturated heterocycles. The molecular weight excluding hydrogens is 200 g/mol. The summed E-state index contributed by atoms with van der Waals surface area (Å²) < 4.78 is 0. The molecule has 16 heavy (non-hydrogen) atoms. The summed E-state index contributed by atoms with van der Waals surface area (Å²) in [6.45, 7) is 5.59. The molecule has 0 atom stereocenters. The molecule has 0 fully saturated rings. The minimum Gasteiger partial charge on any atom is -0.481 e. The Morgan fingerprint density at radius 1 is 0.938 bits per heavy atom. The second-order valence-electron chi connectivity index (χ2n) is 3.98. The van der Waals surface area contributed by atoms with E-state index in [9.17, 15) is 0 Å². The number of hydrogen-bond acceptors (Lipinski definition) is 1. The van der Waals surface area contributed by atoms with Gasteiger partial charge in [-0.25, -0.2) is 0 Å². The fourth-order valence-electron chi connectivity index (χ4n) is 1.25. The Balaban J connectivity index is 0. The number of hydrogen-bond donors (Lipinski definition) is 1. The van der Waals surface area contributed by atoms with E-state index in [1.165, 1.54) is 51.4 Å². The fraction of sp³-hybridized carbons (Fsp3) is 0.786. The minimum atomic E-state index is -0.833. The first-order valence-electron chi connectivity index (χ1n) is 6.49. The fourth-order valence-corrected chi connectivity index (χ4v) is 1.25. The normalized spacial score (nSPS) is 9.94. The van der Waals surface area contributed by atoms with Gasteiger partial charge < -0.3 is 5.11 Å². The molecule has 0 amide bonds. The van der Waals surface area contributed by atoms with E-state index in [4.69, 9.17) is 9.90 Å². The van der Waals surface area contributed by atoms with E-state index in [0.717, 1.165) is 6.92 Å². The number of carboxylic acid groups (broad SMARTS) is 1. The van der Waals surface area contributed by atoms with Crippen molar-refractivity contribution in [1.29, 1.82) is 0 Å². The van der Waals surface area contributed by atoms with Crippen LogP contribution in [0.1, 0.15) is 72.1 Å². The van der Waals surface area contributed by atoms with Gasteiger partial charge in [0.25, 0.3) is 5.97 Å². The lowest BCUT2D eigenvalue weighted by Crippen LogP contribution is -1.78. The molecule has 0 unspecified atom stereocenters. The van der Waals surface area contributed by atoms with Gasteiger partial charge in [0.2, 0.25) is 0 Å². The van der Waals surface area contributed by atoms with Gasteiger partial charge in [-0.3, -0.25) is 4.79 Å². The number of allylic oxidation sites excluding steroid dienone is 2. The summed E-state index contributed by atoms with van der Waals surface area (Å²) in [4.78, 5) is 9.00. The topological polar surface area (TPSA) is 37.3 Å². The number of rotatable bonds is 8. The summed E-state index contributed by atoms with van der Waals surface area (Å²) in [7, 11) is 0. The summed E-state index contributed by atoms with van der Waals surface area (Å²) in [5.41, 5.74) is 0. The smallest absolute Gasteiger partial charge is 0.300 e. The van der Waals surface area contributed by atoms with E-state index in [1.807, 2.05) is 0 Å². The largest absolute Gasteiger partial charge is 0.481 e. The maximum Gasteiger partial charge on any atom is 0.300 e. The van der Waals surface area contributed by atoms with Crippen LogP contribution < -0.4 is 0 Å². The van der Waals surface area contributed by atoms with E-state index in [0.29, 0.717) is 0 Å². The number of unbranched alkanes of at least 4 members (excludes halogenated alkanes) is 6. The van der Waals surface area contributed by atoms with Crippen molar-refractivity contribution in [1.82, 2.24) is 0 Å². The van der Waals surface area contributed by atoms with Gasteiger partial charge in [-0.05, 0) is 19.3 Å². The van der Waals surface area contributed by atoms with Gasteiger partial charge in [0.15, 0.2) is 0 Å². The van der Waals surface area contributed by atoms with Crippen LogP contribution in [0.25, 0.3) is 0 Å².